The summed E-state index contributed by atoms with van der Waals surface area (Å²) in [6, 6.07) is 13.5. The average molecular weight is 653 g/mol. The summed E-state index contributed by atoms with van der Waals surface area (Å²) in [5, 5.41) is 0. The monoisotopic (exact) mass is 652 g/mol. The van der Waals surface area contributed by atoms with Crippen LogP contribution < -0.4 is 0 Å². The number of hydrogen-bond acceptors (Lipinski definition) is 4. The van der Waals surface area contributed by atoms with Gasteiger partial charge < -0.3 is 0 Å². The van der Waals surface area contributed by atoms with E-state index in [4.69, 9.17) is 0 Å². The molecule has 0 aliphatic rings. The average Bonchev–Trinajstić information content (AvgIpc) is 2.99. The molecule has 0 aliphatic carbocycles. The lowest BCUT2D eigenvalue weighted by molar-refractivity contribution is 0.479. The van der Waals surface area contributed by atoms with Crippen molar-refractivity contribution in [1.29, 1.82) is 0 Å². The molecule has 0 aliphatic heterocycles. The highest BCUT2D eigenvalue weighted by Crippen LogP contribution is 2.20. The third kappa shape index (κ3) is 19.6. The third-order valence-corrected chi connectivity index (χ3v) is 10.0. The summed E-state index contributed by atoms with van der Waals surface area (Å²) in [4.78, 5) is 0.122. The fourth-order valence-corrected chi connectivity index (χ4v) is 7.03. The van der Waals surface area contributed by atoms with E-state index in [9.17, 15) is 25.9 Å². The maximum absolute atomic E-state index is 11.3. The van der Waals surface area contributed by atoms with Gasteiger partial charge in [-0.1, -0.05) is 166 Å². The molecule has 0 unspecified atom stereocenters. The molecular weight excluding hydrogens is 593 g/mol. The molecule has 2 aromatic carbocycles. The first-order chi connectivity index (χ1) is 21.1. The quantitative estimate of drug-likeness (QED) is 0.0862. The Kier molecular flexibility index (Phi) is 22.4. The van der Waals surface area contributed by atoms with Crippen molar-refractivity contribution >= 4 is 20.2 Å². The van der Waals surface area contributed by atoms with Gasteiger partial charge in [-0.15, -0.1) is 0 Å². The lowest BCUT2D eigenvalue weighted by Gasteiger charge is -2.07. The Morgan fingerprint density at radius 3 is 0.932 bits per heavy atom. The number of aryl methyl sites for hydroxylation is 2. The highest BCUT2D eigenvalue weighted by atomic mass is 32.2. The standard InChI is InChI=1S/2C18H30O3S/c2*1-2-3-4-5-6-7-8-9-10-11-14-17-15-12-13-16-18(17)22(19,20)21/h2*12-13,15-16H,2-11,14H2,1H3,(H,19,20,21). The maximum atomic E-state index is 11.3. The zero-order chi connectivity index (χ0) is 32.5. The van der Waals surface area contributed by atoms with Gasteiger partial charge in [0.2, 0.25) is 0 Å². The van der Waals surface area contributed by atoms with Crippen LogP contribution in [0.5, 0.6) is 0 Å². The number of rotatable bonds is 24. The van der Waals surface area contributed by atoms with Gasteiger partial charge in [0, 0.05) is 0 Å². The van der Waals surface area contributed by atoms with E-state index >= 15 is 0 Å². The first kappa shape index (κ1) is 40.3. The number of benzene rings is 2. The van der Waals surface area contributed by atoms with E-state index in [1.165, 1.54) is 115 Å². The zero-order valence-corrected chi connectivity index (χ0v) is 29.2. The van der Waals surface area contributed by atoms with E-state index in [0.717, 1.165) is 36.8 Å². The minimum absolute atomic E-state index is 0.0610. The highest BCUT2D eigenvalue weighted by molar-refractivity contribution is 7.86. The van der Waals surface area contributed by atoms with Crippen LogP contribution in [0.1, 0.15) is 153 Å². The molecular formula is C36H60O6S2. The molecule has 2 aromatic rings. The topological polar surface area (TPSA) is 109 Å². The van der Waals surface area contributed by atoms with Crippen molar-refractivity contribution in [3.05, 3.63) is 59.7 Å². The van der Waals surface area contributed by atoms with E-state index < -0.39 is 20.2 Å². The molecule has 0 atom stereocenters. The fourth-order valence-electron chi connectivity index (χ4n) is 5.53. The summed E-state index contributed by atoms with van der Waals surface area (Å²) in [6.45, 7) is 4.47. The summed E-state index contributed by atoms with van der Waals surface area (Å²) in [7, 11) is -8.19. The van der Waals surface area contributed by atoms with Crippen LogP contribution in [0.2, 0.25) is 0 Å². The van der Waals surface area contributed by atoms with Crippen LogP contribution >= 0.6 is 0 Å². The van der Waals surface area contributed by atoms with Crippen molar-refractivity contribution in [2.45, 2.75) is 165 Å². The molecule has 2 N–H and O–H groups in total. The van der Waals surface area contributed by atoms with Gasteiger partial charge in [-0.05, 0) is 48.9 Å². The molecule has 6 nitrogen and oxygen atoms in total. The molecule has 2 rings (SSSR count). The second kappa shape index (κ2) is 24.5. The summed E-state index contributed by atoms with van der Waals surface area (Å²) >= 11 is 0. The van der Waals surface area contributed by atoms with Gasteiger partial charge in [0.05, 0.1) is 9.79 Å². The van der Waals surface area contributed by atoms with Crippen LogP contribution in [0.25, 0.3) is 0 Å². The molecule has 0 saturated heterocycles. The first-order valence-corrected chi connectivity index (χ1v) is 20.1. The first-order valence-electron chi connectivity index (χ1n) is 17.2. The van der Waals surface area contributed by atoms with Crippen LogP contribution in [-0.4, -0.2) is 25.9 Å². The van der Waals surface area contributed by atoms with E-state index in [2.05, 4.69) is 13.8 Å². The number of unbranched alkanes of at least 4 members (excludes halogenated alkanes) is 18. The Balaban J connectivity index is 0.000000440. The minimum Gasteiger partial charge on any atom is -0.282 e. The molecule has 0 spiro atoms. The largest absolute Gasteiger partial charge is 0.294 e. The smallest absolute Gasteiger partial charge is 0.282 e. The van der Waals surface area contributed by atoms with Gasteiger partial charge in [-0.3, -0.25) is 9.11 Å². The summed E-state index contributed by atoms with van der Waals surface area (Å²) in [6.07, 6.45) is 26.6. The second-order valence-electron chi connectivity index (χ2n) is 12.0. The van der Waals surface area contributed by atoms with Crippen molar-refractivity contribution in [2.75, 3.05) is 0 Å². The van der Waals surface area contributed by atoms with Crippen LogP contribution in [-0.2, 0) is 33.1 Å². The summed E-state index contributed by atoms with van der Waals surface area (Å²) in [5.74, 6) is 0. The van der Waals surface area contributed by atoms with Gasteiger partial charge in [-0.2, -0.15) is 16.8 Å². The molecule has 0 fully saturated rings. The van der Waals surface area contributed by atoms with Crippen molar-refractivity contribution in [3.63, 3.8) is 0 Å². The Labute approximate surface area is 270 Å². The van der Waals surface area contributed by atoms with Crippen LogP contribution in [0.3, 0.4) is 0 Å². The predicted molar refractivity (Wildman–Crippen MR) is 184 cm³/mol. The van der Waals surface area contributed by atoms with Crippen LogP contribution in [0.4, 0.5) is 0 Å². The van der Waals surface area contributed by atoms with Crippen molar-refractivity contribution in [2.24, 2.45) is 0 Å². The predicted octanol–water partition coefficient (Wildman–Crippen LogP) is 10.8. The lowest BCUT2D eigenvalue weighted by Crippen LogP contribution is -2.03. The number of hydrogen-bond donors (Lipinski definition) is 2. The van der Waals surface area contributed by atoms with Gasteiger partial charge in [0.25, 0.3) is 20.2 Å². The normalized spacial score (nSPS) is 11.7. The van der Waals surface area contributed by atoms with Crippen molar-refractivity contribution in [3.8, 4) is 0 Å². The molecule has 252 valence electrons. The minimum atomic E-state index is -4.10. The Morgan fingerprint density at radius 2 is 0.659 bits per heavy atom. The molecule has 8 heteroatoms. The molecule has 0 radical (unpaired) electrons. The molecule has 0 saturated carbocycles. The highest BCUT2D eigenvalue weighted by Gasteiger charge is 2.14. The summed E-state index contributed by atoms with van der Waals surface area (Å²) < 4.78 is 63.6. The van der Waals surface area contributed by atoms with E-state index in [1.54, 1.807) is 24.3 Å². The van der Waals surface area contributed by atoms with Crippen molar-refractivity contribution < 1.29 is 25.9 Å². The maximum Gasteiger partial charge on any atom is 0.294 e. The van der Waals surface area contributed by atoms with Crippen LogP contribution in [0, 0.1) is 0 Å². The fraction of sp³-hybridized carbons (Fsp3) is 0.667. The van der Waals surface area contributed by atoms with Gasteiger partial charge in [0.15, 0.2) is 0 Å². The van der Waals surface area contributed by atoms with E-state index in [-0.39, 0.29) is 9.79 Å². The Morgan fingerprint density at radius 1 is 0.409 bits per heavy atom. The van der Waals surface area contributed by atoms with E-state index in [0.29, 0.717) is 12.8 Å². The molecule has 0 bridgehead atoms. The SMILES string of the molecule is CCCCCCCCCCCCc1ccccc1S(=O)(=O)O.CCCCCCCCCCCCc1ccccc1S(=O)(=O)O. The Bertz CT molecular complexity index is 1110. The lowest BCUT2D eigenvalue weighted by atomic mass is 10.0. The second-order valence-corrected chi connectivity index (χ2v) is 14.8. The molecule has 0 amide bonds. The molecule has 0 heterocycles. The van der Waals surface area contributed by atoms with Crippen LogP contribution in [0.15, 0.2) is 58.3 Å². The zero-order valence-electron chi connectivity index (χ0n) is 27.5. The molecule has 0 aromatic heterocycles. The summed E-state index contributed by atoms with van der Waals surface area (Å²) in [5.41, 5.74) is 1.45. The van der Waals surface area contributed by atoms with Gasteiger partial charge in [0.1, 0.15) is 0 Å². The van der Waals surface area contributed by atoms with E-state index in [1.807, 2.05) is 12.1 Å². The Hall–Kier alpha value is -1.74. The van der Waals surface area contributed by atoms with Gasteiger partial charge >= 0.3 is 0 Å². The molecule has 44 heavy (non-hydrogen) atoms. The third-order valence-electron chi connectivity index (χ3n) is 8.10. The van der Waals surface area contributed by atoms with Crippen molar-refractivity contribution in [1.82, 2.24) is 0 Å². The van der Waals surface area contributed by atoms with Gasteiger partial charge in [-0.25, -0.2) is 0 Å².